The number of ether oxygens (including phenoxy) is 1. The second kappa shape index (κ2) is 9.95. The van der Waals surface area contributed by atoms with Gasteiger partial charge in [0.15, 0.2) is 5.82 Å². The molecule has 0 aliphatic rings. The van der Waals surface area contributed by atoms with Gasteiger partial charge in [0, 0.05) is 4.90 Å². The molecule has 0 N–H and O–H groups in total. The van der Waals surface area contributed by atoms with Crippen molar-refractivity contribution in [3.8, 4) is 0 Å². The van der Waals surface area contributed by atoms with Gasteiger partial charge in [-0.2, -0.15) is 4.99 Å². The number of carbonyl (C=O) groups is 1. The molecule has 0 spiro atoms. The van der Waals surface area contributed by atoms with Crippen molar-refractivity contribution in [2.24, 2.45) is 4.99 Å². The minimum absolute atomic E-state index is 0.0467. The van der Waals surface area contributed by atoms with Gasteiger partial charge in [0.25, 0.3) is 0 Å². The molecule has 0 aromatic heterocycles. The van der Waals surface area contributed by atoms with Gasteiger partial charge in [0.05, 0.1) is 16.8 Å². The van der Waals surface area contributed by atoms with Crippen LogP contribution in [0.5, 0.6) is 0 Å². The third-order valence-corrected chi connectivity index (χ3v) is 4.45. The van der Waals surface area contributed by atoms with E-state index < -0.39 is 11.1 Å². The van der Waals surface area contributed by atoms with Crippen molar-refractivity contribution in [1.29, 1.82) is 0 Å². The van der Waals surface area contributed by atoms with Crippen molar-refractivity contribution in [3.05, 3.63) is 23.0 Å². The predicted molar refractivity (Wildman–Crippen MR) is 91.9 cm³/mol. The van der Waals surface area contributed by atoms with Gasteiger partial charge in [-0.05, 0) is 37.7 Å². The van der Waals surface area contributed by atoms with Crippen LogP contribution in [0.1, 0.15) is 33.1 Å². The highest BCUT2D eigenvalue weighted by molar-refractivity contribution is 8.00. The van der Waals surface area contributed by atoms with Gasteiger partial charge in [0.2, 0.25) is 0 Å². The Labute approximate surface area is 144 Å². The second-order valence-corrected chi connectivity index (χ2v) is 6.54. The molecule has 1 atom stereocenters. The molecular weight excluding hydrogens is 345 g/mol. The van der Waals surface area contributed by atoms with E-state index in [1.54, 1.807) is 6.92 Å². The normalized spacial score (nSPS) is 11.6. The third-order valence-electron chi connectivity index (χ3n) is 2.80. The van der Waals surface area contributed by atoms with E-state index in [4.69, 9.17) is 16.3 Å². The summed E-state index contributed by atoms with van der Waals surface area (Å²) in [5.74, 6) is -0.900. The zero-order valence-corrected chi connectivity index (χ0v) is 14.8. The maximum Gasteiger partial charge on any atom is 0.319 e. The Morgan fingerprint density at radius 3 is 2.91 bits per heavy atom. The fourth-order valence-electron chi connectivity index (χ4n) is 1.62. The second-order valence-electron chi connectivity index (χ2n) is 4.57. The van der Waals surface area contributed by atoms with Gasteiger partial charge in [-0.3, -0.25) is 4.79 Å². The molecule has 0 fully saturated rings. The third kappa shape index (κ3) is 6.05. The first-order valence-electron chi connectivity index (χ1n) is 6.89. The molecule has 3 nitrogen and oxygen atoms in total. The molecule has 0 saturated heterocycles. The van der Waals surface area contributed by atoms with Crippen molar-refractivity contribution in [2.75, 3.05) is 6.61 Å². The molecule has 22 heavy (non-hydrogen) atoms. The Bertz CT molecular complexity index is 577. The SMILES string of the molecule is CCCCCOC(=O)C(C)Sc1cc(N=C=S)c(F)cc1Cl. The number of carbonyl (C=O) groups excluding carboxylic acids is 1. The van der Waals surface area contributed by atoms with Crippen molar-refractivity contribution in [1.82, 2.24) is 0 Å². The van der Waals surface area contributed by atoms with Crippen LogP contribution in [0.2, 0.25) is 5.02 Å². The topological polar surface area (TPSA) is 38.7 Å². The lowest BCUT2D eigenvalue weighted by Gasteiger charge is -2.12. The first-order chi connectivity index (χ1) is 10.5. The summed E-state index contributed by atoms with van der Waals surface area (Å²) in [4.78, 5) is 16.1. The summed E-state index contributed by atoms with van der Waals surface area (Å²) >= 11 is 11.7. The first kappa shape index (κ1) is 19.1. The fraction of sp³-hybridized carbons (Fsp3) is 0.467. The van der Waals surface area contributed by atoms with E-state index in [2.05, 4.69) is 29.3 Å². The van der Waals surface area contributed by atoms with Crippen LogP contribution >= 0.6 is 35.6 Å². The van der Waals surface area contributed by atoms with E-state index in [0.29, 0.717) is 11.5 Å². The van der Waals surface area contributed by atoms with Gasteiger partial charge in [-0.15, -0.1) is 11.8 Å². The van der Waals surface area contributed by atoms with E-state index in [0.717, 1.165) is 25.3 Å². The van der Waals surface area contributed by atoms with Crippen LogP contribution in [-0.2, 0) is 9.53 Å². The van der Waals surface area contributed by atoms with E-state index in [1.807, 2.05) is 0 Å². The zero-order chi connectivity index (χ0) is 16.5. The van der Waals surface area contributed by atoms with Crippen LogP contribution in [0, 0.1) is 5.82 Å². The molecule has 1 aromatic carbocycles. The lowest BCUT2D eigenvalue weighted by atomic mass is 10.3. The largest absolute Gasteiger partial charge is 0.465 e. The van der Waals surface area contributed by atoms with Crippen molar-refractivity contribution in [2.45, 2.75) is 43.3 Å². The molecule has 0 heterocycles. The monoisotopic (exact) mass is 361 g/mol. The molecular formula is C15H17ClFNO2S2. The number of hydrogen-bond donors (Lipinski definition) is 0. The number of hydrogen-bond acceptors (Lipinski definition) is 5. The lowest BCUT2D eigenvalue weighted by Crippen LogP contribution is -2.17. The summed E-state index contributed by atoms with van der Waals surface area (Å²) in [5, 5.41) is 1.88. The van der Waals surface area contributed by atoms with Gasteiger partial charge in [-0.25, -0.2) is 4.39 Å². The molecule has 0 radical (unpaired) electrons. The standard InChI is InChI=1S/C15H17ClFNO2S2/c1-3-4-5-6-20-15(19)10(2)22-14-8-13(18-9-21)12(17)7-11(14)16/h7-8,10H,3-6H2,1-2H3. The quantitative estimate of drug-likeness (QED) is 0.203. The molecule has 0 saturated carbocycles. The van der Waals surface area contributed by atoms with E-state index in [-0.39, 0.29) is 16.7 Å². The molecule has 7 heteroatoms. The summed E-state index contributed by atoms with van der Waals surface area (Å²) in [5.41, 5.74) is 0.0467. The number of isothiocyanates is 1. The average molecular weight is 362 g/mol. The van der Waals surface area contributed by atoms with Crippen molar-refractivity contribution >= 4 is 52.4 Å². The zero-order valence-electron chi connectivity index (χ0n) is 12.4. The van der Waals surface area contributed by atoms with Crippen LogP contribution < -0.4 is 0 Å². The smallest absolute Gasteiger partial charge is 0.319 e. The van der Waals surface area contributed by atoms with Crippen LogP contribution in [0.3, 0.4) is 0 Å². The molecule has 120 valence electrons. The summed E-state index contributed by atoms with van der Waals surface area (Å²) in [7, 11) is 0. The Morgan fingerprint density at radius 2 is 2.27 bits per heavy atom. The van der Waals surface area contributed by atoms with Crippen molar-refractivity contribution < 1.29 is 13.9 Å². The molecule has 0 amide bonds. The highest BCUT2D eigenvalue weighted by Gasteiger charge is 2.18. The lowest BCUT2D eigenvalue weighted by molar-refractivity contribution is -0.142. The van der Waals surface area contributed by atoms with Crippen LogP contribution in [0.25, 0.3) is 0 Å². The van der Waals surface area contributed by atoms with Gasteiger partial charge < -0.3 is 4.74 Å². The molecule has 1 unspecified atom stereocenters. The maximum absolute atomic E-state index is 13.6. The Kier molecular flexibility index (Phi) is 8.64. The summed E-state index contributed by atoms with van der Waals surface area (Å²) in [6.45, 7) is 4.21. The number of thiocarbonyl (C=S) groups is 1. The van der Waals surface area contributed by atoms with Gasteiger partial charge >= 0.3 is 5.97 Å². The molecule has 0 aliphatic heterocycles. The van der Waals surface area contributed by atoms with Crippen molar-refractivity contribution in [3.63, 3.8) is 0 Å². The first-order valence-corrected chi connectivity index (χ1v) is 8.56. The Balaban J connectivity index is 2.70. The minimum atomic E-state index is -0.582. The predicted octanol–water partition coefficient (Wildman–Crippen LogP) is 5.43. The number of nitrogens with zero attached hydrogens (tertiary/aromatic N) is 1. The van der Waals surface area contributed by atoms with Crippen LogP contribution in [-0.4, -0.2) is 23.0 Å². The highest BCUT2D eigenvalue weighted by atomic mass is 35.5. The Hall–Kier alpha value is -0.940. The summed E-state index contributed by atoms with van der Waals surface area (Å²) < 4.78 is 18.8. The number of benzene rings is 1. The molecule has 1 rings (SSSR count). The van der Waals surface area contributed by atoms with Crippen LogP contribution in [0.15, 0.2) is 22.0 Å². The molecule has 0 bridgehead atoms. The summed E-state index contributed by atoms with van der Waals surface area (Å²) in [6, 6.07) is 2.59. The number of esters is 1. The molecule has 0 aliphatic carbocycles. The summed E-state index contributed by atoms with van der Waals surface area (Å²) in [6.07, 6.45) is 2.94. The number of unbranched alkanes of at least 4 members (excludes halogenated alkanes) is 2. The number of thioether (sulfide) groups is 1. The fourth-order valence-corrected chi connectivity index (χ4v) is 2.90. The van der Waals surface area contributed by atoms with Gasteiger partial charge in [-0.1, -0.05) is 31.4 Å². The number of rotatable bonds is 8. The minimum Gasteiger partial charge on any atom is -0.465 e. The highest BCUT2D eigenvalue weighted by Crippen LogP contribution is 2.35. The number of aliphatic imine (C=N–C) groups is 1. The maximum atomic E-state index is 13.6. The van der Waals surface area contributed by atoms with E-state index >= 15 is 0 Å². The Morgan fingerprint density at radius 1 is 1.55 bits per heavy atom. The van der Waals surface area contributed by atoms with E-state index in [9.17, 15) is 9.18 Å². The van der Waals surface area contributed by atoms with Gasteiger partial charge in [0.1, 0.15) is 10.9 Å². The average Bonchev–Trinajstić information content (AvgIpc) is 2.48. The van der Waals surface area contributed by atoms with Crippen LogP contribution in [0.4, 0.5) is 10.1 Å². The van der Waals surface area contributed by atoms with E-state index in [1.165, 1.54) is 17.8 Å². The number of halogens is 2. The molecule has 1 aromatic rings.